The van der Waals surface area contributed by atoms with E-state index in [1.54, 1.807) is 23.3 Å². The van der Waals surface area contributed by atoms with Crippen LogP contribution >= 0.6 is 11.3 Å². The molecule has 80 valence electrons. The standard InChI is InChI=1S/C12H15NOS/c1-12(2,3)6-5-11-7-10(8-15-11)13(4)9-14/h7-9H,1-4H3. The van der Waals surface area contributed by atoms with Crippen LogP contribution in [0.4, 0.5) is 5.69 Å². The van der Waals surface area contributed by atoms with Crippen LogP contribution in [0.2, 0.25) is 0 Å². The molecule has 0 N–H and O–H groups in total. The van der Waals surface area contributed by atoms with Crippen molar-refractivity contribution in [2.24, 2.45) is 5.41 Å². The van der Waals surface area contributed by atoms with Gasteiger partial charge in [0, 0.05) is 17.8 Å². The van der Waals surface area contributed by atoms with Gasteiger partial charge in [-0.2, -0.15) is 0 Å². The minimum absolute atomic E-state index is 0.0146. The Morgan fingerprint density at radius 2 is 2.13 bits per heavy atom. The molecule has 0 bridgehead atoms. The highest BCUT2D eigenvalue weighted by atomic mass is 32.1. The number of thiophene rings is 1. The van der Waals surface area contributed by atoms with E-state index < -0.39 is 0 Å². The number of anilines is 1. The van der Waals surface area contributed by atoms with Crippen molar-refractivity contribution in [1.82, 2.24) is 0 Å². The smallest absolute Gasteiger partial charge is 0.213 e. The van der Waals surface area contributed by atoms with Crippen LogP contribution in [-0.2, 0) is 4.79 Å². The van der Waals surface area contributed by atoms with Gasteiger partial charge in [-0.15, -0.1) is 11.3 Å². The van der Waals surface area contributed by atoms with Gasteiger partial charge in [0.05, 0.1) is 10.6 Å². The van der Waals surface area contributed by atoms with E-state index in [2.05, 4.69) is 32.6 Å². The lowest BCUT2D eigenvalue weighted by Crippen LogP contribution is -2.12. The largest absolute Gasteiger partial charge is 0.317 e. The van der Waals surface area contributed by atoms with Gasteiger partial charge >= 0.3 is 0 Å². The van der Waals surface area contributed by atoms with Crippen LogP contribution in [-0.4, -0.2) is 13.5 Å². The Labute approximate surface area is 94.9 Å². The first-order valence-electron chi connectivity index (χ1n) is 4.72. The van der Waals surface area contributed by atoms with Gasteiger partial charge in [0.1, 0.15) is 0 Å². The molecule has 0 radical (unpaired) electrons. The fourth-order valence-electron chi connectivity index (χ4n) is 0.887. The lowest BCUT2D eigenvalue weighted by molar-refractivity contribution is -0.107. The summed E-state index contributed by atoms with van der Waals surface area (Å²) >= 11 is 1.56. The van der Waals surface area contributed by atoms with Crippen molar-refractivity contribution in [1.29, 1.82) is 0 Å². The number of rotatable bonds is 2. The molecule has 0 spiro atoms. The molecule has 1 heterocycles. The highest BCUT2D eigenvalue weighted by molar-refractivity contribution is 7.11. The molecule has 0 atom stereocenters. The number of carbonyl (C=O) groups is 1. The minimum atomic E-state index is 0.0146. The molecule has 0 aliphatic heterocycles. The first-order chi connectivity index (χ1) is 6.92. The fraction of sp³-hybridized carbons (Fsp3) is 0.417. The highest BCUT2D eigenvalue weighted by Gasteiger charge is 2.05. The molecule has 0 saturated carbocycles. The number of hydrogen-bond donors (Lipinski definition) is 0. The molecular weight excluding hydrogens is 206 g/mol. The summed E-state index contributed by atoms with van der Waals surface area (Å²) in [7, 11) is 1.73. The molecule has 0 aromatic carbocycles. The fourth-order valence-corrected chi connectivity index (χ4v) is 1.67. The van der Waals surface area contributed by atoms with E-state index in [0.29, 0.717) is 0 Å². The van der Waals surface area contributed by atoms with Crippen molar-refractivity contribution in [2.75, 3.05) is 11.9 Å². The number of hydrogen-bond acceptors (Lipinski definition) is 2. The van der Waals surface area contributed by atoms with Crippen molar-refractivity contribution in [3.63, 3.8) is 0 Å². The van der Waals surface area contributed by atoms with Crippen LogP contribution in [0.1, 0.15) is 25.6 Å². The Kier molecular flexibility index (Phi) is 3.54. The molecule has 1 aromatic heterocycles. The Morgan fingerprint density at radius 1 is 1.47 bits per heavy atom. The summed E-state index contributed by atoms with van der Waals surface area (Å²) < 4.78 is 0. The van der Waals surface area contributed by atoms with E-state index in [9.17, 15) is 4.79 Å². The van der Waals surface area contributed by atoms with Gasteiger partial charge in [-0.3, -0.25) is 4.79 Å². The molecule has 0 fully saturated rings. The monoisotopic (exact) mass is 221 g/mol. The summed E-state index contributed by atoms with van der Waals surface area (Å²) in [5, 5.41) is 1.93. The number of carbonyl (C=O) groups excluding carboxylic acids is 1. The van der Waals surface area contributed by atoms with Gasteiger partial charge in [-0.1, -0.05) is 11.8 Å². The maximum atomic E-state index is 10.5. The summed E-state index contributed by atoms with van der Waals surface area (Å²) in [5.41, 5.74) is 0.911. The molecule has 2 nitrogen and oxygen atoms in total. The van der Waals surface area contributed by atoms with E-state index in [-0.39, 0.29) is 5.41 Å². The van der Waals surface area contributed by atoms with Crippen LogP contribution < -0.4 is 4.90 Å². The quantitative estimate of drug-likeness (QED) is 0.555. The Hall–Kier alpha value is -1.27. The third-order valence-corrected chi connectivity index (χ3v) is 2.54. The number of amides is 1. The predicted molar refractivity (Wildman–Crippen MR) is 65.1 cm³/mol. The number of nitrogens with zero attached hydrogens (tertiary/aromatic N) is 1. The second kappa shape index (κ2) is 4.50. The minimum Gasteiger partial charge on any atom is -0.317 e. The summed E-state index contributed by atoms with van der Waals surface area (Å²) in [6, 6.07) is 1.93. The molecule has 1 rings (SSSR count). The van der Waals surface area contributed by atoms with Gasteiger partial charge in [0.15, 0.2) is 0 Å². The zero-order valence-corrected chi connectivity index (χ0v) is 10.3. The molecule has 1 aromatic rings. The van der Waals surface area contributed by atoms with Gasteiger partial charge in [-0.25, -0.2) is 0 Å². The van der Waals surface area contributed by atoms with Crippen LogP contribution in [0.25, 0.3) is 0 Å². The van der Waals surface area contributed by atoms with Crippen molar-refractivity contribution < 1.29 is 4.79 Å². The van der Waals surface area contributed by atoms with Crippen molar-refractivity contribution in [3.8, 4) is 11.8 Å². The molecule has 0 saturated heterocycles. The molecule has 1 amide bonds. The molecule has 0 aliphatic rings. The summed E-state index contributed by atoms with van der Waals surface area (Å²) in [6.07, 6.45) is 0.795. The maximum Gasteiger partial charge on any atom is 0.213 e. The molecular formula is C12H15NOS. The molecule has 0 unspecified atom stereocenters. The Bertz CT molecular complexity index is 403. The van der Waals surface area contributed by atoms with Gasteiger partial charge in [0.2, 0.25) is 6.41 Å². The normalized spacial score (nSPS) is 10.4. The second-order valence-electron chi connectivity index (χ2n) is 4.39. The van der Waals surface area contributed by atoms with E-state index >= 15 is 0 Å². The Morgan fingerprint density at radius 3 is 2.67 bits per heavy atom. The zero-order chi connectivity index (χ0) is 11.5. The SMILES string of the molecule is CN(C=O)c1csc(C#CC(C)(C)C)c1. The van der Waals surface area contributed by atoms with E-state index in [4.69, 9.17) is 0 Å². The lowest BCUT2D eigenvalue weighted by Gasteiger charge is -2.06. The summed E-state index contributed by atoms with van der Waals surface area (Å²) in [6.45, 7) is 6.23. The van der Waals surface area contributed by atoms with Gasteiger partial charge in [-0.05, 0) is 26.8 Å². The van der Waals surface area contributed by atoms with E-state index in [1.165, 1.54) is 0 Å². The first-order valence-corrected chi connectivity index (χ1v) is 5.60. The molecule has 0 aliphatic carbocycles. The highest BCUT2D eigenvalue weighted by Crippen LogP contribution is 2.21. The first kappa shape index (κ1) is 11.8. The summed E-state index contributed by atoms with van der Waals surface area (Å²) in [5.74, 6) is 6.27. The van der Waals surface area contributed by atoms with E-state index in [0.717, 1.165) is 17.0 Å². The zero-order valence-electron chi connectivity index (χ0n) is 9.50. The second-order valence-corrected chi connectivity index (χ2v) is 5.30. The third-order valence-electron chi connectivity index (χ3n) is 1.71. The van der Waals surface area contributed by atoms with Crippen molar-refractivity contribution in [2.45, 2.75) is 20.8 Å². The van der Waals surface area contributed by atoms with Crippen LogP contribution in [0.15, 0.2) is 11.4 Å². The molecule has 3 heteroatoms. The average molecular weight is 221 g/mol. The van der Waals surface area contributed by atoms with Crippen LogP contribution in [0.3, 0.4) is 0 Å². The third kappa shape index (κ3) is 3.77. The molecule has 15 heavy (non-hydrogen) atoms. The topological polar surface area (TPSA) is 20.3 Å². The Balaban J connectivity index is 2.84. The van der Waals surface area contributed by atoms with Crippen molar-refractivity contribution in [3.05, 3.63) is 16.3 Å². The maximum absolute atomic E-state index is 10.5. The van der Waals surface area contributed by atoms with Crippen LogP contribution in [0.5, 0.6) is 0 Å². The van der Waals surface area contributed by atoms with Gasteiger partial charge < -0.3 is 4.90 Å². The van der Waals surface area contributed by atoms with Crippen LogP contribution in [0, 0.1) is 17.3 Å². The van der Waals surface area contributed by atoms with E-state index in [1.807, 2.05) is 11.4 Å². The lowest BCUT2D eigenvalue weighted by atomic mass is 9.98. The summed E-state index contributed by atoms with van der Waals surface area (Å²) in [4.78, 5) is 13.1. The van der Waals surface area contributed by atoms with Gasteiger partial charge in [0.25, 0.3) is 0 Å². The van der Waals surface area contributed by atoms with Crippen molar-refractivity contribution >= 4 is 23.4 Å². The average Bonchev–Trinajstić information content (AvgIpc) is 2.61. The predicted octanol–water partition coefficient (Wildman–Crippen LogP) is 2.74.